The van der Waals surface area contributed by atoms with Crippen molar-refractivity contribution < 1.29 is 22.7 Å². The van der Waals surface area contributed by atoms with Gasteiger partial charge in [0.1, 0.15) is 18.3 Å². The number of nitrogens with one attached hydrogen (secondary N) is 1. The third kappa shape index (κ3) is 7.88. The van der Waals surface area contributed by atoms with Crippen molar-refractivity contribution in [2.75, 3.05) is 18.0 Å². The summed E-state index contributed by atoms with van der Waals surface area (Å²) in [7, 11) is -2.53. The number of carbonyl (C=O) groups is 2. The van der Waals surface area contributed by atoms with Gasteiger partial charge in [-0.2, -0.15) is 0 Å². The van der Waals surface area contributed by atoms with Crippen LogP contribution in [0.4, 0.5) is 5.69 Å². The highest BCUT2D eigenvalue weighted by Crippen LogP contribution is 2.27. The fraction of sp³-hybridized carbons (Fsp3) is 0.375. The summed E-state index contributed by atoms with van der Waals surface area (Å²) in [5.41, 5.74) is 3.08. The van der Waals surface area contributed by atoms with Crippen molar-refractivity contribution in [2.45, 2.75) is 71.0 Å². The van der Waals surface area contributed by atoms with Gasteiger partial charge in [0.25, 0.3) is 10.0 Å². The zero-order valence-corrected chi connectivity index (χ0v) is 25.6. The van der Waals surface area contributed by atoms with Crippen LogP contribution in [0.15, 0.2) is 77.7 Å². The fourth-order valence-electron chi connectivity index (χ4n) is 4.42. The second-order valence-electron chi connectivity index (χ2n) is 10.2. The lowest BCUT2D eigenvalue weighted by Crippen LogP contribution is -2.53. The van der Waals surface area contributed by atoms with Crippen molar-refractivity contribution in [1.29, 1.82) is 0 Å². The topological polar surface area (TPSA) is 96.0 Å². The van der Waals surface area contributed by atoms with Gasteiger partial charge in [0, 0.05) is 12.6 Å². The first-order chi connectivity index (χ1) is 19.5. The largest absolute Gasteiger partial charge is 0.497 e. The Morgan fingerprint density at radius 1 is 0.902 bits per heavy atom. The van der Waals surface area contributed by atoms with Crippen LogP contribution in [0.2, 0.25) is 0 Å². The van der Waals surface area contributed by atoms with Gasteiger partial charge < -0.3 is 15.0 Å². The average molecular weight is 580 g/mol. The van der Waals surface area contributed by atoms with Gasteiger partial charge in [0.05, 0.1) is 17.7 Å². The van der Waals surface area contributed by atoms with Crippen molar-refractivity contribution in [2.24, 2.45) is 0 Å². The van der Waals surface area contributed by atoms with Gasteiger partial charge in [-0.1, -0.05) is 50.2 Å². The maximum absolute atomic E-state index is 14.2. The first-order valence-electron chi connectivity index (χ1n) is 13.9. The minimum Gasteiger partial charge on any atom is -0.497 e. The zero-order chi connectivity index (χ0) is 30.2. The Balaban J connectivity index is 2.06. The Morgan fingerprint density at radius 2 is 1.56 bits per heavy atom. The molecule has 0 bridgehead atoms. The van der Waals surface area contributed by atoms with Crippen LogP contribution in [0.1, 0.15) is 50.3 Å². The molecule has 1 N–H and O–H groups in total. The molecule has 3 aromatic carbocycles. The zero-order valence-electron chi connectivity index (χ0n) is 24.8. The van der Waals surface area contributed by atoms with Crippen molar-refractivity contribution in [3.05, 3.63) is 89.5 Å². The van der Waals surface area contributed by atoms with Gasteiger partial charge in [-0.25, -0.2) is 8.42 Å². The minimum atomic E-state index is -4.10. The van der Waals surface area contributed by atoms with E-state index in [4.69, 9.17) is 4.74 Å². The highest BCUT2D eigenvalue weighted by molar-refractivity contribution is 7.92. The molecular formula is C32H41N3O5S. The molecule has 3 rings (SSSR count). The fourth-order valence-corrected chi connectivity index (χ4v) is 5.84. The highest BCUT2D eigenvalue weighted by Gasteiger charge is 2.34. The summed E-state index contributed by atoms with van der Waals surface area (Å²) >= 11 is 0. The summed E-state index contributed by atoms with van der Waals surface area (Å²) < 4.78 is 34.3. The molecule has 220 valence electrons. The molecule has 0 aliphatic heterocycles. The van der Waals surface area contributed by atoms with Crippen LogP contribution >= 0.6 is 0 Å². The molecule has 0 fully saturated rings. The van der Waals surface area contributed by atoms with E-state index in [1.807, 2.05) is 52.8 Å². The maximum Gasteiger partial charge on any atom is 0.264 e. The molecule has 0 unspecified atom stereocenters. The molecule has 2 atom stereocenters. The molecule has 0 spiro atoms. The van der Waals surface area contributed by atoms with Crippen LogP contribution in [0.5, 0.6) is 5.75 Å². The van der Waals surface area contributed by atoms with Gasteiger partial charge in [-0.05, 0) is 86.7 Å². The van der Waals surface area contributed by atoms with Crippen LogP contribution in [-0.2, 0) is 26.2 Å². The predicted molar refractivity (Wildman–Crippen MR) is 162 cm³/mol. The molecule has 0 radical (unpaired) electrons. The molecular weight excluding hydrogens is 538 g/mol. The lowest BCUT2D eigenvalue weighted by Gasteiger charge is -2.34. The lowest BCUT2D eigenvalue weighted by atomic mass is 10.1. The molecule has 0 aromatic heterocycles. The number of aryl methyl sites for hydroxylation is 2. The van der Waals surface area contributed by atoms with Gasteiger partial charge in [-0.15, -0.1) is 0 Å². The Labute approximate surface area is 244 Å². The van der Waals surface area contributed by atoms with E-state index >= 15 is 0 Å². The average Bonchev–Trinajstić information content (AvgIpc) is 2.97. The Kier molecular flexibility index (Phi) is 10.9. The molecule has 2 amide bonds. The van der Waals surface area contributed by atoms with Crippen molar-refractivity contribution in [1.82, 2.24) is 10.2 Å². The molecule has 0 saturated carbocycles. The SMILES string of the molecule is CC[C@H](C)NC(=O)[C@H](CC)N(Cc1ccc(OC)cc1)C(=O)CN(c1ccc(C)c(C)c1)S(=O)(=O)c1ccccc1. The second-order valence-corrected chi connectivity index (χ2v) is 12.1. The summed E-state index contributed by atoms with van der Waals surface area (Å²) in [5.74, 6) is -0.0832. The second kappa shape index (κ2) is 14.2. The molecule has 0 aliphatic carbocycles. The highest BCUT2D eigenvalue weighted by atomic mass is 32.2. The van der Waals surface area contributed by atoms with Crippen LogP contribution in [0.3, 0.4) is 0 Å². The van der Waals surface area contributed by atoms with Crippen LogP contribution in [0.25, 0.3) is 0 Å². The van der Waals surface area contributed by atoms with E-state index in [-0.39, 0.29) is 23.4 Å². The van der Waals surface area contributed by atoms with Gasteiger partial charge >= 0.3 is 0 Å². The van der Waals surface area contributed by atoms with E-state index in [0.717, 1.165) is 27.4 Å². The molecule has 0 heterocycles. The van der Waals surface area contributed by atoms with E-state index < -0.39 is 28.5 Å². The van der Waals surface area contributed by atoms with Crippen molar-refractivity contribution in [3.63, 3.8) is 0 Å². The number of carbonyl (C=O) groups excluding carboxylic acids is 2. The molecule has 9 heteroatoms. The molecule has 41 heavy (non-hydrogen) atoms. The van der Waals surface area contributed by atoms with Gasteiger partial charge in [0.2, 0.25) is 11.8 Å². The summed E-state index contributed by atoms with van der Waals surface area (Å²) in [6.07, 6.45) is 1.10. The monoisotopic (exact) mass is 579 g/mol. The number of amides is 2. The first-order valence-corrected chi connectivity index (χ1v) is 15.3. The number of rotatable bonds is 13. The number of ether oxygens (including phenoxy) is 1. The number of hydrogen-bond acceptors (Lipinski definition) is 5. The number of methoxy groups -OCH3 is 1. The maximum atomic E-state index is 14.2. The summed E-state index contributed by atoms with van der Waals surface area (Å²) in [6, 6.07) is 19.8. The summed E-state index contributed by atoms with van der Waals surface area (Å²) in [5, 5.41) is 2.99. The lowest BCUT2D eigenvalue weighted by molar-refractivity contribution is -0.140. The van der Waals surface area contributed by atoms with E-state index in [0.29, 0.717) is 17.9 Å². The molecule has 0 aliphatic rings. The number of benzene rings is 3. The normalized spacial score (nSPS) is 12.7. The quantitative estimate of drug-likeness (QED) is 0.299. The number of nitrogens with zero attached hydrogens (tertiary/aromatic N) is 2. The number of anilines is 1. The Bertz CT molecular complexity index is 1430. The molecule has 3 aromatic rings. The van der Waals surface area contributed by atoms with E-state index in [1.165, 1.54) is 17.0 Å². The van der Waals surface area contributed by atoms with Crippen LogP contribution in [-0.4, -0.2) is 50.9 Å². The number of sulfonamides is 1. The van der Waals surface area contributed by atoms with Crippen molar-refractivity contribution >= 4 is 27.5 Å². The minimum absolute atomic E-state index is 0.0695. The summed E-state index contributed by atoms with van der Waals surface area (Å²) in [6.45, 7) is 9.23. The smallest absolute Gasteiger partial charge is 0.264 e. The van der Waals surface area contributed by atoms with Gasteiger partial charge in [-0.3, -0.25) is 13.9 Å². The van der Waals surface area contributed by atoms with E-state index in [2.05, 4.69) is 5.32 Å². The third-order valence-corrected chi connectivity index (χ3v) is 9.08. The first kappa shape index (κ1) is 31.7. The molecule has 0 saturated heterocycles. The molecule has 8 nitrogen and oxygen atoms in total. The van der Waals surface area contributed by atoms with Gasteiger partial charge in [0.15, 0.2) is 0 Å². The third-order valence-electron chi connectivity index (χ3n) is 7.29. The van der Waals surface area contributed by atoms with Crippen molar-refractivity contribution in [3.8, 4) is 5.75 Å². The Morgan fingerprint density at radius 3 is 2.12 bits per heavy atom. The predicted octanol–water partition coefficient (Wildman–Crippen LogP) is 5.23. The summed E-state index contributed by atoms with van der Waals surface area (Å²) in [4.78, 5) is 29.1. The standard InChI is InChI=1S/C32H41N3O5S/c1-7-25(5)33-32(37)30(8-2)34(21-26-15-18-28(40-6)19-16-26)31(36)22-35(27-17-14-23(3)24(4)20-27)41(38,39)29-12-10-9-11-13-29/h9-20,25,30H,7-8,21-22H2,1-6H3,(H,33,37)/t25-,30-/m0/s1. The van der Waals surface area contributed by atoms with E-state index in [9.17, 15) is 18.0 Å². The van der Waals surface area contributed by atoms with Crippen LogP contribution < -0.4 is 14.4 Å². The van der Waals surface area contributed by atoms with E-state index in [1.54, 1.807) is 49.6 Å². The van der Waals surface area contributed by atoms with Crippen LogP contribution in [0, 0.1) is 13.8 Å². The number of hydrogen-bond donors (Lipinski definition) is 1. The Hall–Kier alpha value is -3.85.